The first kappa shape index (κ1) is 15.4. The number of ether oxygens (including phenoxy) is 2. The van der Waals surface area contributed by atoms with E-state index in [0.29, 0.717) is 41.1 Å². The maximum absolute atomic E-state index is 13.2. The van der Waals surface area contributed by atoms with Crippen LogP contribution in [0.2, 0.25) is 0 Å². The number of aromatic nitrogens is 1. The Bertz CT molecular complexity index is 1000. The zero-order valence-corrected chi connectivity index (χ0v) is 13.9. The Hall–Kier alpha value is -3.15. The van der Waals surface area contributed by atoms with Crippen molar-refractivity contribution in [2.24, 2.45) is 0 Å². The number of aromatic hydroxyl groups is 2. The van der Waals surface area contributed by atoms with Gasteiger partial charge in [-0.15, -0.1) is 0 Å². The van der Waals surface area contributed by atoms with Gasteiger partial charge < -0.3 is 24.3 Å². The van der Waals surface area contributed by atoms with E-state index < -0.39 is 5.75 Å². The number of ketones is 1. The molecule has 0 fully saturated rings. The van der Waals surface area contributed by atoms with Gasteiger partial charge in [-0.05, 0) is 6.92 Å². The summed E-state index contributed by atoms with van der Waals surface area (Å²) in [5, 5.41) is 20.6. The first-order valence-corrected chi connectivity index (χ1v) is 7.92. The summed E-state index contributed by atoms with van der Waals surface area (Å²) in [5.74, 6) is -0.410. The topological polar surface area (TPSA) is 80.9 Å². The second-order valence-electron chi connectivity index (χ2n) is 6.05. The highest BCUT2D eigenvalue weighted by Gasteiger charge is 2.32. The van der Waals surface area contributed by atoms with Gasteiger partial charge in [0.2, 0.25) is 11.6 Å². The van der Waals surface area contributed by atoms with Crippen LogP contribution in [0.15, 0.2) is 30.3 Å². The number of hydrogen-bond donors (Lipinski definition) is 2. The van der Waals surface area contributed by atoms with Crippen LogP contribution in [0, 0.1) is 6.92 Å². The number of benzene rings is 2. The molecule has 1 aromatic heterocycles. The van der Waals surface area contributed by atoms with E-state index in [2.05, 4.69) is 0 Å². The van der Waals surface area contributed by atoms with Gasteiger partial charge in [0.25, 0.3) is 0 Å². The minimum Gasteiger partial charge on any atom is -0.504 e. The molecule has 128 valence electrons. The molecule has 2 aromatic carbocycles. The Kier molecular flexibility index (Phi) is 3.35. The Balaban J connectivity index is 2.04. The fourth-order valence-electron chi connectivity index (χ4n) is 3.29. The predicted octanol–water partition coefficient (Wildman–Crippen LogP) is 2.99. The van der Waals surface area contributed by atoms with E-state index in [-0.39, 0.29) is 17.3 Å². The molecule has 6 nitrogen and oxygen atoms in total. The molecule has 1 aliphatic heterocycles. The Labute approximate surface area is 143 Å². The van der Waals surface area contributed by atoms with Crippen molar-refractivity contribution in [2.45, 2.75) is 13.5 Å². The number of nitrogens with zero attached hydrogens (tertiary/aromatic N) is 1. The van der Waals surface area contributed by atoms with Crippen LogP contribution in [-0.2, 0) is 6.54 Å². The summed E-state index contributed by atoms with van der Waals surface area (Å²) in [6.45, 7) is 2.95. The lowest BCUT2D eigenvalue weighted by atomic mass is 10.00. The lowest BCUT2D eigenvalue weighted by molar-refractivity contribution is 0.103. The average Bonchev–Trinajstić information content (AvgIpc) is 3.17. The minimum absolute atomic E-state index is 0.0657. The first-order valence-electron chi connectivity index (χ1n) is 7.92. The van der Waals surface area contributed by atoms with Gasteiger partial charge in [0.1, 0.15) is 6.61 Å². The second-order valence-corrected chi connectivity index (χ2v) is 6.05. The maximum Gasteiger partial charge on any atom is 0.206 e. The van der Waals surface area contributed by atoms with Crippen LogP contribution in [0.25, 0.3) is 10.9 Å². The number of carbonyl (C=O) groups is 1. The number of phenols is 2. The molecule has 0 radical (unpaired) electrons. The highest BCUT2D eigenvalue weighted by Crippen LogP contribution is 2.48. The Morgan fingerprint density at radius 2 is 1.96 bits per heavy atom. The summed E-state index contributed by atoms with van der Waals surface area (Å²) in [4.78, 5) is 13.2. The lowest BCUT2D eigenvalue weighted by Crippen LogP contribution is -2.04. The van der Waals surface area contributed by atoms with E-state index in [1.807, 2.05) is 23.6 Å². The molecular weight excluding hydrogens is 322 g/mol. The zero-order valence-electron chi connectivity index (χ0n) is 13.9. The molecule has 0 unspecified atom stereocenters. The molecule has 0 spiro atoms. The second kappa shape index (κ2) is 5.44. The summed E-state index contributed by atoms with van der Waals surface area (Å²) < 4.78 is 12.8. The molecule has 6 heteroatoms. The number of rotatable bonds is 3. The van der Waals surface area contributed by atoms with Crippen LogP contribution in [0.5, 0.6) is 23.1 Å². The molecule has 0 saturated carbocycles. The van der Waals surface area contributed by atoms with E-state index >= 15 is 0 Å². The molecule has 2 N–H and O–H groups in total. The highest BCUT2D eigenvalue weighted by atomic mass is 16.5. The highest BCUT2D eigenvalue weighted by molar-refractivity contribution is 6.20. The molecule has 4 rings (SSSR count). The molecule has 0 atom stereocenters. The van der Waals surface area contributed by atoms with Crippen LogP contribution in [0.4, 0.5) is 0 Å². The van der Waals surface area contributed by atoms with Crippen molar-refractivity contribution in [1.82, 2.24) is 4.57 Å². The largest absolute Gasteiger partial charge is 0.504 e. The summed E-state index contributed by atoms with van der Waals surface area (Å²) in [7, 11) is 1.39. The number of carbonyl (C=O) groups excluding carboxylic acids is 1. The van der Waals surface area contributed by atoms with E-state index in [0.717, 1.165) is 5.56 Å². The summed E-state index contributed by atoms with van der Waals surface area (Å²) >= 11 is 0. The van der Waals surface area contributed by atoms with Gasteiger partial charge in [0.05, 0.1) is 30.1 Å². The van der Waals surface area contributed by atoms with Crippen molar-refractivity contribution >= 4 is 16.7 Å². The molecule has 2 heterocycles. The normalized spacial score (nSPS) is 12.9. The fourth-order valence-corrected chi connectivity index (χ4v) is 3.29. The third-order valence-electron chi connectivity index (χ3n) is 4.51. The molecule has 3 aromatic rings. The molecule has 1 aliphatic rings. The van der Waals surface area contributed by atoms with Crippen molar-refractivity contribution in [3.8, 4) is 23.1 Å². The van der Waals surface area contributed by atoms with Crippen molar-refractivity contribution in [2.75, 3.05) is 13.7 Å². The number of phenolic OH excluding ortho intramolecular Hbond substituents is 2. The maximum atomic E-state index is 13.2. The van der Waals surface area contributed by atoms with Gasteiger partial charge in [0.15, 0.2) is 17.3 Å². The van der Waals surface area contributed by atoms with Crippen LogP contribution in [0.1, 0.15) is 21.5 Å². The minimum atomic E-state index is -0.391. The molecule has 25 heavy (non-hydrogen) atoms. The van der Waals surface area contributed by atoms with Gasteiger partial charge in [-0.25, -0.2) is 0 Å². The van der Waals surface area contributed by atoms with Crippen molar-refractivity contribution in [1.29, 1.82) is 0 Å². The number of methoxy groups -OCH3 is 1. The van der Waals surface area contributed by atoms with Crippen LogP contribution >= 0.6 is 0 Å². The quantitative estimate of drug-likeness (QED) is 0.566. The van der Waals surface area contributed by atoms with Gasteiger partial charge >= 0.3 is 0 Å². The third kappa shape index (κ3) is 2.14. The van der Waals surface area contributed by atoms with Crippen LogP contribution < -0.4 is 9.47 Å². The van der Waals surface area contributed by atoms with Crippen molar-refractivity contribution in [3.05, 3.63) is 47.0 Å². The third-order valence-corrected chi connectivity index (χ3v) is 4.51. The summed E-state index contributed by atoms with van der Waals surface area (Å²) in [6, 6.07) is 8.68. The fraction of sp³-hybridized carbons (Fsp3) is 0.211. The predicted molar refractivity (Wildman–Crippen MR) is 91.9 cm³/mol. The van der Waals surface area contributed by atoms with Gasteiger partial charge in [-0.3, -0.25) is 4.79 Å². The standard InChI is InChI=1S/C19H17NO5/c1-10-3-5-11(6-4-10)16(22)15-14-12(20-7-8-25-19(15)20)9-13(21)17(23)18(14)24-2/h3-6,9,21,23H,7-8H2,1-2H3. The SMILES string of the molecule is COc1c(O)c(O)cc2c1c(C(=O)c1ccc(C)cc1)c1n2CCO1. The number of hydrogen-bond acceptors (Lipinski definition) is 5. The number of aryl methyl sites for hydroxylation is 1. The van der Waals surface area contributed by atoms with E-state index in [9.17, 15) is 15.0 Å². The number of fused-ring (bicyclic) bond motifs is 3. The van der Waals surface area contributed by atoms with Gasteiger partial charge in [0, 0.05) is 11.6 Å². The van der Waals surface area contributed by atoms with Gasteiger partial charge in [-0.1, -0.05) is 29.8 Å². The van der Waals surface area contributed by atoms with Gasteiger partial charge in [-0.2, -0.15) is 0 Å². The van der Waals surface area contributed by atoms with Crippen LogP contribution in [0.3, 0.4) is 0 Å². The smallest absolute Gasteiger partial charge is 0.206 e. The summed E-state index contributed by atoms with van der Waals surface area (Å²) in [6.07, 6.45) is 0. The molecule has 0 aliphatic carbocycles. The molecule has 0 bridgehead atoms. The molecular formula is C19H17NO5. The van der Waals surface area contributed by atoms with Crippen LogP contribution in [-0.4, -0.2) is 34.3 Å². The van der Waals surface area contributed by atoms with E-state index in [1.54, 1.807) is 12.1 Å². The van der Waals surface area contributed by atoms with Crippen molar-refractivity contribution in [3.63, 3.8) is 0 Å². The molecule has 0 saturated heterocycles. The average molecular weight is 339 g/mol. The molecule has 0 amide bonds. The Morgan fingerprint density at radius 1 is 1.24 bits per heavy atom. The van der Waals surface area contributed by atoms with E-state index in [4.69, 9.17) is 9.47 Å². The van der Waals surface area contributed by atoms with E-state index in [1.165, 1.54) is 13.2 Å². The lowest BCUT2D eigenvalue weighted by Gasteiger charge is -2.10. The van der Waals surface area contributed by atoms with Crippen molar-refractivity contribution < 1.29 is 24.5 Å². The monoisotopic (exact) mass is 339 g/mol. The first-order chi connectivity index (χ1) is 12.0. The zero-order chi connectivity index (χ0) is 17.7. The summed E-state index contributed by atoms with van der Waals surface area (Å²) in [5.41, 5.74) is 2.50. The Morgan fingerprint density at radius 3 is 2.64 bits per heavy atom.